The van der Waals surface area contributed by atoms with E-state index in [2.05, 4.69) is 33.0 Å². The lowest BCUT2D eigenvalue weighted by atomic mass is 9.91. The van der Waals surface area contributed by atoms with Crippen molar-refractivity contribution in [2.75, 3.05) is 6.54 Å². The van der Waals surface area contributed by atoms with Crippen molar-refractivity contribution < 1.29 is 14.7 Å². The average molecular weight is 356 g/mol. The summed E-state index contributed by atoms with van der Waals surface area (Å²) in [6.45, 7) is 10.9. The first-order valence-corrected chi connectivity index (χ1v) is 10.2. The maximum atomic E-state index is 11.7. The second-order valence-corrected chi connectivity index (χ2v) is 8.41. The monoisotopic (exact) mass is 355 g/mol. The Morgan fingerprint density at radius 1 is 0.760 bits per heavy atom. The second-order valence-electron chi connectivity index (χ2n) is 8.41. The molecule has 3 unspecified atom stereocenters. The quantitative estimate of drug-likeness (QED) is 0.421. The highest BCUT2D eigenvalue weighted by molar-refractivity contribution is 5.82. The first-order valence-electron chi connectivity index (χ1n) is 10.2. The zero-order valence-electron chi connectivity index (χ0n) is 17.1. The molecule has 0 aliphatic carbocycles. The van der Waals surface area contributed by atoms with Crippen molar-refractivity contribution in [2.45, 2.75) is 92.4 Å². The molecule has 0 fully saturated rings. The Kier molecular flexibility index (Phi) is 13.5. The minimum atomic E-state index is -0.993. The molecule has 4 heteroatoms. The van der Waals surface area contributed by atoms with Gasteiger partial charge in [0.1, 0.15) is 6.54 Å². The molecule has 0 aromatic carbocycles. The average Bonchev–Trinajstić information content (AvgIpc) is 2.51. The number of hydrogen-bond acceptors (Lipinski definition) is 2. The fourth-order valence-corrected chi connectivity index (χ4v) is 3.22. The van der Waals surface area contributed by atoms with Gasteiger partial charge in [0, 0.05) is 5.92 Å². The van der Waals surface area contributed by atoms with Gasteiger partial charge in [0.05, 0.1) is 0 Å². The minimum absolute atomic E-state index is 0.104. The molecule has 0 spiro atoms. The van der Waals surface area contributed by atoms with Crippen LogP contribution < -0.4 is 5.32 Å². The Balaban J connectivity index is 3.67. The first kappa shape index (κ1) is 23.9. The van der Waals surface area contributed by atoms with Gasteiger partial charge in [-0.2, -0.15) is 0 Å². The van der Waals surface area contributed by atoms with Crippen molar-refractivity contribution in [1.82, 2.24) is 5.32 Å². The summed E-state index contributed by atoms with van der Waals surface area (Å²) in [6.07, 6.45) is 11.0. The molecule has 0 heterocycles. The number of amides is 1. The van der Waals surface area contributed by atoms with Crippen molar-refractivity contribution in [1.29, 1.82) is 0 Å². The smallest absolute Gasteiger partial charge is 0.322 e. The van der Waals surface area contributed by atoms with Crippen molar-refractivity contribution in [3.05, 3.63) is 0 Å². The number of hydrogen-bond donors (Lipinski definition) is 2. The summed E-state index contributed by atoms with van der Waals surface area (Å²) in [4.78, 5) is 22.2. The molecule has 0 saturated heterocycles. The third kappa shape index (κ3) is 14.9. The summed E-state index contributed by atoms with van der Waals surface area (Å²) >= 11 is 0. The van der Waals surface area contributed by atoms with Gasteiger partial charge in [-0.25, -0.2) is 0 Å². The van der Waals surface area contributed by atoms with Gasteiger partial charge < -0.3 is 10.4 Å². The highest BCUT2D eigenvalue weighted by atomic mass is 16.4. The summed E-state index contributed by atoms with van der Waals surface area (Å²) in [7, 11) is 0. The van der Waals surface area contributed by atoms with Gasteiger partial charge in [0.2, 0.25) is 5.91 Å². The molecule has 2 N–H and O–H groups in total. The molecule has 0 aromatic rings. The maximum absolute atomic E-state index is 11.7. The Hall–Kier alpha value is -1.06. The van der Waals surface area contributed by atoms with Crippen LogP contribution in [0.5, 0.6) is 0 Å². The fourth-order valence-electron chi connectivity index (χ4n) is 3.22. The molecular weight excluding hydrogens is 314 g/mol. The third-order valence-corrected chi connectivity index (χ3v) is 5.07. The van der Waals surface area contributed by atoms with E-state index in [1.54, 1.807) is 0 Å². The van der Waals surface area contributed by atoms with Crippen LogP contribution in [0.1, 0.15) is 92.4 Å². The molecule has 25 heavy (non-hydrogen) atoms. The van der Waals surface area contributed by atoms with Gasteiger partial charge >= 0.3 is 5.97 Å². The van der Waals surface area contributed by atoms with Crippen LogP contribution in [0.15, 0.2) is 0 Å². The molecule has 0 bridgehead atoms. The SMILES string of the molecule is CC(C)CCCC(C)CCCC(C)CCCC(C)C(=O)NCC(=O)O. The standard InChI is InChI=1S/C21H41NO3/c1-16(2)9-6-10-17(3)11-7-12-18(4)13-8-14-19(5)21(25)22-15-20(23)24/h16-19H,6-15H2,1-5H3,(H,22,25)(H,23,24). The first-order chi connectivity index (χ1) is 11.7. The number of aliphatic carboxylic acids is 1. The number of rotatable bonds is 15. The molecule has 0 aromatic heterocycles. The van der Waals surface area contributed by atoms with E-state index >= 15 is 0 Å². The molecule has 4 nitrogen and oxygen atoms in total. The van der Waals surface area contributed by atoms with Crippen LogP contribution in [-0.2, 0) is 9.59 Å². The minimum Gasteiger partial charge on any atom is -0.480 e. The second kappa shape index (κ2) is 14.1. The van der Waals surface area contributed by atoms with Gasteiger partial charge in [-0.1, -0.05) is 86.0 Å². The largest absolute Gasteiger partial charge is 0.480 e. The van der Waals surface area contributed by atoms with Crippen LogP contribution >= 0.6 is 0 Å². The zero-order valence-corrected chi connectivity index (χ0v) is 17.1. The number of nitrogens with one attached hydrogen (secondary N) is 1. The molecular formula is C21H41NO3. The van der Waals surface area contributed by atoms with E-state index in [1.165, 1.54) is 38.5 Å². The van der Waals surface area contributed by atoms with Gasteiger partial charge in [-0.15, -0.1) is 0 Å². The van der Waals surface area contributed by atoms with Crippen LogP contribution in [0, 0.1) is 23.7 Å². The lowest BCUT2D eigenvalue weighted by Gasteiger charge is -2.16. The van der Waals surface area contributed by atoms with Crippen LogP contribution in [-0.4, -0.2) is 23.5 Å². The van der Waals surface area contributed by atoms with E-state index in [9.17, 15) is 9.59 Å². The van der Waals surface area contributed by atoms with Crippen LogP contribution in [0.4, 0.5) is 0 Å². The topological polar surface area (TPSA) is 66.4 Å². The van der Waals surface area contributed by atoms with Crippen LogP contribution in [0.3, 0.4) is 0 Å². The molecule has 148 valence electrons. The molecule has 1 amide bonds. The van der Waals surface area contributed by atoms with Gasteiger partial charge in [-0.3, -0.25) is 9.59 Å². The summed E-state index contributed by atoms with van der Waals surface area (Å²) in [5, 5.41) is 11.0. The maximum Gasteiger partial charge on any atom is 0.322 e. The summed E-state index contributed by atoms with van der Waals surface area (Å²) in [6, 6.07) is 0. The lowest BCUT2D eigenvalue weighted by Crippen LogP contribution is -2.33. The summed E-state index contributed by atoms with van der Waals surface area (Å²) in [5.41, 5.74) is 0. The van der Waals surface area contributed by atoms with Crippen molar-refractivity contribution in [2.24, 2.45) is 23.7 Å². The predicted molar refractivity (Wildman–Crippen MR) is 105 cm³/mol. The predicted octanol–water partition coefficient (Wildman–Crippen LogP) is 5.26. The Bertz CT molecular complexity index is 368. The van der Waals surface area contributed by atoms with Gasteiger partial charge in [-0.05, 0) is 24.2 Å². The molecule has 3 atom stereocenters. The van der Waals surface area contributed by atoms with Crippen molar-refractivity contribution >= 4 is 11.9 Å². The highest BCUT2D eigenvalue weighted by Gasteiger charge is 2.14. The molecule has 0 saturated carbocycles. The Morgan fingerprint density at radius 2 is 1.20 bits per heavy atom. The zero-order chi connectivity index (χ0) is 19.2. The summed E-state index contributed by atoms with van der Waals surface area (Å²) < 4.78 is 0. The van der Waals surface area contributed by atoms with E-state index in [0.717, 1.165) is 31.1 Å². The number of carbonyl (C=O) groups is 2. The molecule has 0 aliphatic heterocycles. The van der Waals surface area contributed by atoms with Crippen molar-refractivity contribution in [3.63, 3.8) is 0 Å². The van der Waals surface area contributed by atoms with E-state index in [-0.39, 0.29) is 18.4 Å². The Labute approximate surface area is 155 Å². The number of carbonyl (C=O) groups excluding carboxylic acids is 1. The van der Waals surface area contributed by atoms with Gasteiger partial charge in [0.15, 0.2) is 0 Å². The number of carboxylic acid groups (broad SMARTS) is 1. The molecule has 0 aliphatic rings. The fraction of sp³-hybridized carbons (Fsp3) is 0.905. The highest BCUT2D eigenvalue weighted by Crippen LogP contribution is 2.22. The summed E-state index contributed by atoms with van der Waals surface area (Å²) in [5.74, 6) is 1.12. The molecule has 0 rings (SSSR count). The lowest BCUT2D eigenvalue weighted by molar-refractivity contribution is -0.138. The van der Waals surface area contributed by atoms with E-state index in [4.69, 9.17) is 5.11 Å². The van der Waals surface area contributed by atoms with E-state index < -0.39 is 5.97 Å². The van der Waals surface area contributed by atoms with Crippen LogP contribution in [0.25, 0.3) is 0 Å². The van der Waals surface area contributed by atoms with Crippen LogP contribution in [0.2, 0.25) is 0 Å². The van der Waals surface area contributed by atoms with Crippen molar-refractivity contribution in [3.8, 4) is 0 Å². The normalized spacial score (nSPS) is 15.0. The number of carboxylic acids is 1. The van der Waals surface area contributed by atoms with E-state index in [0.29, 0.717) is 5.92 Å². The third-order valence-electron chi connectivity index (χ3n) is 5.07. The van der Waals surface area contributed by atoms with E-state index in [1.807, 2.05) is 6.92 Å². The van der Waals surface area contributed by atoms with Gasteiger partial charge in [0.25, 0.3) is 0 Å². The molecule has 0 radical (unpaired) electrons. The Morgan fingerprint density at radius 3 is 1.64 bits per heavy atom.